The second-order valence-corrected chi connectivity index (χ2v) is 19.3. The van der Waals surface area contributed by atoms with Crippen molar-refractivity contribution in [3.05, 3.63) is 60.7 Å². The van der Waals surface area contributed by atoms with E-state index >= 15 is 0 Å². The Morgan fingerprint density at radius 2 is 0.508 bits per heavy atom. The van der Waals surface area contributed by atoms with Gasteiger partial charge in [-0.25, -0.2) is 0 Å². The summed E-state index contributed by atoms with van der Waals surface area (Å²) in [5.41, 5.74) is 2.86. The number of hydrogen-bond acceptors (Lipinski definition) is 4. The van der Waals surface area contributed by atoms with Crippen LogP contribution in [0, 0.1) is 0 Å². The molecule has 0 aromatic heterocycles. The average molecular weight is 845 g/mol. The first kappa shape index (κ1) is 57.2. The lowest BCUT2D eigenvalue weighted by Gasteiger charge is -2.29. The molecule has 6 nitrogen and oxygen atoms in total. The third kappa shape index (κ3) is 40.1. The molecule has 0 bridgehead atoms. The van der Waals surface area contributed by atoms with Gasteiger partial charge in [0.1, 0.15) is 11.4 Å². The second kappa shape index (κ2) is 39.1. The van der Waals surface area contributed by atoms with Crippen LogP contribution in [0.15, 0.2) is 60.7 Å². The largest absolute Gasteiger partial charge is 0.759 e. The molecule has 7 heteroatoms. The summed E-state index contributed by atoms with van der Waals surface area (Å²) in [6, 6.07) is 21.9. The molecule has 0 heterocycles. The van der Waals surface area contributed by atoms with Crippen LogP contribution >= 0.6 is 0 Å². The van der Waals surface area contributed by atoms with E-state index < -0.39 is 10.4 Å². The van der Waals surface area contributed by atoms with Gasteiger partial charge in [0.05, 0.1) is 41.3 Å². The predicted molar refractivity (Wildman–Crippen MR) is 259 cm³/mol. The molecule has 0 saturated carbocycles. The molecule has 0 aliphatic rings. The van der Waals surface area contributed by atoms with E-state index in [1.165, 1.54) is 230 Å². The maximum atomic E-state index is 8.52. The average Bonchev–Trinajstić information content (AvgIpc) is 3.21. The Balaban J connectivity index is 0.00000102. The van der Waals surface area contributed by atoms with Crippen molar-refractivity contribution in [1.29, 1.82) is 0 Å². The lowest BCUT2D eigenvalue weighted by Crippen LogP contribution is -2.41. The zero-order valence-corrected chi connectivity index (χ0v) is 40.6. The Labute approximate surface area is 368 Å². The molecular weight excluding hydrogens is 749 g/mol. The van der Waals surface area contributed by atoms with Crippen molar-refractivity contribution in [3.8, 4) is 0 Å². The van der Waals surface area contributed by atoms with Gasteiger partial charge < -0.3 is 9.11 Å². The van der Waals surface area contributed by atoms with Gasteiger partial charge in [-0.1, -0.05) is 230 Å². The molecule has 0 saturated heterocycles. The van der Waals surface area contributed by atoms with Crippen LogP contribution in [0.5, 0.6) is 0 Å². The van der Waals surface area contributed by atoms with Crippen LogP contribution in [0.4, 0.5) is 11.4 Å². The quantitative estimate of drug-likeness (QED) is 0.0296. The van der Waals surface area contributed by atoms with Gasteiger partial charge in [-0.15, -0.1) is 0 Å². The fraction of sp³-hybridized carbons (Fsp3) is 0.769. The van der Waals surface area contributed by atoms with Crippen molar-refractivity contribution < 1.29 is 17.5 Å². The molecule has 344 valence electrons. The Hall–Kier alpha value is -1.77. The van der Waals surface area contributed by atoms with Gasteiger partial charge in [-0.05, 0) is 49.9 Å². The fourth-order valence-electron chi connectivity index (χ4n) is 8.03. The monoisotopic (exact) mass is 845 g/mol. The summed E-state index contributed by atoms with van der Waals surface area (Å²) in [5.74, 6) is 0. The molecule has 2 aromatic rings. The van der Waals surface area contributed by atoms with Crippen LogP contribution in [0.2, 0.25) is 0 Å². The Kier molecular flexibility index (Phi) is 37.9. The number of nitrogens with zero attached hydrogens (tertiary/aromatic N) is 2. The Morgan fingerprint density at radius 1 is 0.339 bits per heavy atom. The van der Waals surface area contributed by atoms with Crippen LogP contribution in [0.25, 0.3) is 0 Å². The summed E-state index contributed by atoms with van der Waals surface area (Å²) in [6.07, 6.45) is 46.1. The van der Waals surface area contributed by atoms with E-state index in [0.29, 0.717) is 0 Å². The van der Waals surface area contributed by atoms with Crippen molar-refractivity contribution in [2.75, 3.05) is 41.3 Å². The first-order chi connectivity index (χ1) is 28.3. The van der Waals surface area contributed by atoms with Gasteiger partial charge in [0.15, 0.2) is 0 Å². The number of unbranched alkanes of at least 4 members (excludes halogenated alkanes) is 30. The zero-order valence-electron chi connectivity index (χ0n) is 39.8. The van der Waals surface area contributed by atoms with Crippen molar-refractivity contribution in [2.24, 2.45) is 0 Å². The van der Waals surface area contributed by atoms with E-state index in [9.17, 15) is 0 Å². The van der Waals surface area contributed by atoms with Crippen molar-refractivity contribution in [2.45, 2.75) is 219 Å². The first-order valence-electron chi connectivity index (χ1n) is 24.8. The molecule has 0 radical (unpaired) electrons. The van der Waals surface area contributed by atoms with Gasteiger partial charge in [0.25, 0.3) is 0 Å². The van der Waals surface area contributed by atoms with Gasteiger partial charge in [0, 0.05) is 10.4 Å². The highest BCUT2D eigenvalue weighted by molar-refractivity contribution is 7.79. The lowest BCUT2D eigenvalue weighted by atomic mass is 10.0. The van der Waals surface area contributed by atoms with Gasteiger partial charge in [0.2, 0.25) is 0 Å². The maximum absolute atomic E-state index is 8.52. The molecule has 2 aromatic carbocycles. The van der Waals surface area contributed by atoms with E-state index in [1.54, 1.807) is 0 Å². The molecule has 0 spiro atoms. The lowest BCUT2D eigenvalue weighted by molar-refractivity contribution is 0.352. The maximum Gasteiger partial charge on any atom is 0.132 e. The summed E-state index contributed by atoms with van der Waals surface area (Å²) < 4.78 is 36.1. The molecule has 59 heavy (non-hydrogen) atoms. The van der Waals surface area contributed by atoms with E-state index in [4.69, 9.17) is 17.5 Å². The predicted octanol–water partition coefficient (Wildman–Crippen LogP) is 15.7. The molecule has 0 unspecified atom stereocenters. The van der Waals surface area contributed by atoms with E-state index in [1.807, 2.05) is 0 Å². The number of rotatable bonds is 36. The Bertz CT molecular complexity index is 1160. The molecule has 0 N–H and O–H groups in total. The third-order valence-electron chi connectivity index (χ3n) is 12.1. The zero-order chi connectivity index (χ0) is 43.8. The summed E-state index contributed by atoms with van der Waals surface area (Å²) in [5, 5.41) is 0. The van der Waals surface area contributed by atoms with Crippen LogP contribution in [-0.4, -0.2) is 58.8 Å². The second-order valence-electron chi connectivity index (χ2n) is 18.5. The third-order valence-corrected chi connectivity index (χ3v) is 12.1. The SMILES string of the molecule is CCCCCCCCCCCCCCCCCC[N+](C)(C)c1ccccc1.CCCCCCCCCCCCCCCCCC[N+](C)(C)c1ccccc1.O=S(=O)([O-])[O-]. The molecule has 0 atom stereocenters. The summed E-state index contributed by atoms with van der Waals surface area (Å²) in [4.78, 5) is 0. The highest BCUT2D eigenvalue weighted by atomic mass is 32.3. The molecule has 0 amide bonds. The minimum absolute atomic E-state index is 1.01. The van der Waals surface area contributed by atoms with Crippen molar-refractivity contribution in [3.63, 3.8) is 0 Å². The standard InChI is InChI=1S/2C26H48N.H2O4S/c2*1-4-5-6-7-8-9-10-11-12-13-14-15-16-17-18-22-25-27(2,3)26-23-20-19-21-24-26;1-5(2,3)4/h2*19-21,23-24H,4-18,22,25H2,1-3H3;(H2,1,2,3,4)/q2*+1;/p-2. The van der Waals surface area contributed by atoms with Crippen LogP contribution in [0.3, 0.4) is 0 Å². The van der Waals surface area contributed by atoms with Gasteiger partial charge in [-0.2, -0.15) is 0 Å². The minimum atomic E-state index is -5.17. The normalized spacial score (nSPS) is 11.8. The summed E-state index contributed by atoms with van der Waals surface area (Å²) >= 11 is 0. The van der Waals surface area contributed by atoms with E-state index in [2.05, 4.69) is 103 Å². The van der Waals surface area contributed by atoms with Gasteiger partial charge >= 0.3 is 0 Å². The molecule has 2 rings (SSSR count). The van der Waals surface area contributed by atoms with Crippen LogP contribution in [-0.2, 0) is 10.4 Å². The van der Waals surface area contributed by atoms with Crippen LogP contribution < -0.4 is 8.97 Å². The van der Waals surface area contributed by atoms with E-state index in [0.717, 1.165) is 8.97 Å². The minimum Gasteiger partial charge on any atom is -0.759 e. The highest BCUT2D eigenvalue weighted by Crippen LogP contribution is 2.21. The van der Waals surface area contributed by atoms with Crippen molar-refractivity contribution in [1.82, 2.24) is 8.97 Å². The topological polar surface area (TPSA) is 80.3 Å². The fourth-order valence-corrected chi connectivity index (χ4v) is 8.03. The molecule has 0 fully saturated rings. The number of benzene rings is 2. The van der Waals surface area contributed by atoms with Crippen LogP contribution in [0.1, 0.15) is 219 Å². The van der Waals surface area contributed by atoms with Gasteiger partial charge in [-0.3, -0.25) is 17.4 Å². The molecule has 0 aliphatic heterocycles. The highest BCUT2D eigenvalue weighted by Gasteiger charge is 2.18. The smallest absolute Gasteiger partial charge is 0.132 e. The first-order valence-corrected chi connectivity index (χ1v) is 26.1. The Morgan fingerprint density at radius 3 is 0.695 bits per heavy atom. The summed E-state index contributed by atoms with van der Waals surface area (Å²) in [7, 11) is 4.17. The van der Waals surface area contributed by atoms with Crippen molar-refractivity contribution >= 4 is 21.8 Å². The number of quaternary nitrogens is 2. The number of hydrogen-bond donors (Lipinski definition) is 0. The van der Waals surface area contributed by atoms with E-state index in [-0.39, 0.29) is 0 Å². The summed E-state index contributed by atoms with van der Waals surface area (Å²) in [6.45, 7) is 7.10. The molecular formula is C52H96N2O4S. The molecule has 0 aliphatic carbocycles. The number of para-hydroxylation sites is 2.